The molecule has 6 nitrogen and oxygen atoms in total. The number of esters is 1. The van der Waals surface area contributed by atoms with Crippen molar-refractivity contribution in [2.24, 2.45) is 29.1 Å². The van der Waals surface area contributed by atoms with Crippen LogP contribution in [-0.2, 0) is 14.3 Å². The fourth-order valence-electron chi connectivity index (χ4n) is 4.49. The van der Waals surface area contributed by atoms with Gasteiger partial charge < -0.3 is 20.1 Å². The van der Waals surface area contributed by atoms with Gasteiger partial charge in [0.1, 0.15) is 6.10 Å². The van der Waals surface area contributed by atoms with E-state index in [9.17, 15) is 19.8 Å². The van der Waals surface area contributed by atoms with E-state index in [1.807, 2.05) is 19.9 Å². The zero-order chi connectivity index (χ0) is 25.1. The number of aliphatic carboxylic acids is 1. The van der Waals surface area contributed by atoms with Crippen LogP contribution in [0.15, 0.2) is 23.8 Å². The van der Waals surface area contributed by atoms with E-state index in [0.29, 0.717) is 19.3 Å². The highest BCUT2D eigenvalue weighted by Crippen LogP contribution is 2.45. The van der Waals surface area contributed by atoms with Crippen LogP contribution in [-0.4, -0.2) is 45.6 Å². The van der Waals surface area contributed by atoms with Crippen LogP contribution >= 0.6 is 0 Å². The van der Waals surface area contributed by atoms with Crippen LogP contribution in [0.4, 0.5) is 0 Å². The van der Waals surface area contributed by atoms with Gasteiger partial charge in [-0.3, -0.25) is 4.79 Å². The lowest BCUT2D eigenvalue weighted by Gasteiger charge is -2.44. The van der Waals surface area contributed by atoms with Crippen molar-refractivity contribution < 1.29 is 33.8 Å². The second-order valence-corrected chi connectivity index (χ2v) is 9.24. The maximum absolute atomic E-state index is 13.1. The van der Waals surface area contributed by atoms with Gasteiger partial charge in [-0.15, -0.1) is 0 Å². The summed E-state index contributed by atoms with van der Waals surface area (Å²) in [5, 5.41) is 28.6. The Bertz CT molecular complexity index is 777. The molecule has 30 heavy (non-hydrogen) atoms. The van der Waals surface area contributed by atoms with E-state index < -0.39 is 42.5 Å². The molecule has 2 aliphatic rings. The second-order valence-electron chi connectivity index (χ2n) is 9.24. The molecule has 0 heterocycles. The summed E-state index contributed by atoms with van der Waals surface area (Å²) < 4.78 is 29.5. The molecule has 0 amide bonds. The third-order valence-electron chi connectivity index (χ3n) is 6.63. The number of hydrogen-bond acceptors (Lipinski definition) is 5. The monoisotopic (exact) mass is 425 g/mol. The third kappa shape index (κ3) is 5.94. The minimum atomic E-state index is -2.48. The molecular weight excluding hydrogens is 384 g/mol. The number of hydrogen-bond donors (Lipinski definition) is 3. The summed E-state index contributed by atoms with van der Waals surface area (Å²) in [5.41, 5.74) is -0.548. The molecule has 0 spiro atoms. The molecule has 3 N–H and O–H groups in total. The van der Waals surface area contributed by atoms with Gasteiger partial charge in [-0.05, 0) is 62.8 Å². The fraction of sp³-hybridized carbons (Fsp3) is 0.750. The van der Waals surface area contributed by atoms with Gasteiger partial charge in [-0.2, -0.15) is 0 Å². The number of ether oxygens (including phenoxy) is 1. The molecule has 0 bridgehead atoms. The van der Waals surface area contributed by atoms with Crippen LogP contribution in [0.3, 0.4) is 0 Å². The van der Waals surface area contributed by atoms with E-state index in [1.54, 1.807) is 6.92 Å². The predicted octanol–water partition coefficient (Wildman–Crippen LogP) is 3.72. The van der Waals surface area contributed by atoms with Crippen LogP contribution in [0.1, 0.15) is 70.8 Å². The first kappa shape index (κ1) is 20.3. The highest BCUT2D eigenvalue weighted by atomic mass is 16.5. The predicted molar refractivity (Wildman–Crippen MR) is 115 cm³/mol. The molecule has 0 radical (unpaired) electrons. The lowest BCUT2D eigenvalue weighted by molar-refractivity contribution is -0.164. The first-order chi connectivity index (χ1) is 15.2. The first-order valence-corrected chi connectivity index (χ1v) is 10.9. The van der Waals surface area contributed by atoms with Gasteiger partial charge in [-0.1, -0.05) is 39.0 Å². The zero-order valence-corrected chi connectivity index (χ0v) is 18.4. The van der Waals surface area contributed by atoms with Crippen LogP contribution in [0, 0.1) is 29.1 Å². The van der Waals surface area contributed by atoms with Crippen molar-refractivity contribution in [1.29, 1.82) is 0 Å². The van der Waals surface area contributed by atoms with Gasteiger partial charge in [0.05, 0.1) is 11.5 Å². The standard InChI is InChI=1S/C24H38O6/c1-6-24(4,5)23(29)30-20-12-14(2)11-16-8-7-15(3)18(21(16)20)10-9-17(25)13-19(26)22(27)28/h7-8,11,14-15,17-21,25-26H,6,9-10,12-13H2,1-5H3,(H,27,28)/t14-,15-,17+,18-,19+,20-,21-/m0/s1/i4D3/t14-,15-,17+,18-,19+,20-,21-,24+. The van der Waals surface area contributed by atoms with E-state index in [1.165, 1.54) is 6.92 Å². The van der Waals surface area contributed by atoms with E-state index in [4.69, 9.17) is 14.0 Å². The average molecular weight is 426 g/mol. The van der Waals surface area contributed by atoms with Crippen LogP contribution in [0.5, 0.6) is 0 Å². The summed E-state index contributed by atoms with van der Waals surface area (Å²) >= 11 is 0. The topological polar surface area (TPSA) is 104 Å². The van der Waals surface area contributed by atoms with Crippen molar-refractivity contribution in [2.75, 3.05) is 0 Å². The quantitative estimate of drug-likeness (QED) is 0.487. The summed E-state index contributed by atoms with van der Waals surface area (Å²) in [6, 6.07) is 0. The summed E-state index contributed by atoms with van der Waals surface area (Å²) in [7, 11) is 0. The fourth-order valence-corrected chi connectivity index (χ4v) is 4.49. The van der Waals surface area contributed by atoms with E-state index in [0.717, 1.165) is 5.57 Å². The SMILES string of the molecule is [2H]C([2H])([2H])[C@@](C)(CC)C(=O)O[C@H]1C[C@@H](C)C=C2C=C[C@H](C)[C@H](CC[C@@H](O)C[C@@H](O)C(=O)O)[C@H]21. The molecule has 0 saturated carbocycles. The number of fused-ring (bicyclic) bond motifs is 1. The molecule has 2 aliphatic carbocycles. The maximum atomic E-state index is 13.1. The molecule has 8 atom stereocenters. The van der Waals surface area contributed by atoms with Gasteiger partial charge in [0.2, 0.25) is 0 Å². The molecule has 0 aliphatic heterocycles. The molecule has 0 fully saturated rings. The van der Waals surface area contributed by atoms with E-state index in [2.05, 4.69) is 12.2 Å². The number of allylic oxidation sites excluding steroid dienone is 3. The molecule has 6 heteroatoms. The molecule has 0 saturated heterocycles. The number of aliphatic hydroxyl groups is 2. The van der Waals surface area contributed by atoms with Crippen molar-refractivity contribution >= 4 is 11.9 Å². The summed E-state index contributed by atoms with van der Waals surface area (Å²) in [6.07, 6.45) is 4.52. The van der Waals surface area contributed by atoms with Crippen LogP contribution in [0.2, 0.25) is 0 Å². The Morgan fingerprint density at radius 1 is 1.37 bits per heavy atom. The Hall–Kier alpha value is -1.66. The van der Waals surface area contributed by atoms with Crippen molar-refractivity contribution in [2.45, 2.75) is 85.0 Å². The number of rotatable bonds is 9. The average Bonchev–Trinajstić information content (AvgIpc) is 2.71. The Kier molecular flexibility index (Phi) is 6.82. The van der Waals surface area contributed by atoms with Gasteiger partial charge in [0.25, 0.3) is 0 Å². The van der Waals surface area contributed by atoms with Crippen molar-refractivity contribution in [1.82, 2.24) is 0 Å². The largest absolute Gasteiger partial charge is 0.479 e. The Morgan fingerprint density at radius 2 is 2.07 bits per heavy atom. The van der Waals surface area contributed by atoms with Crippen molar-refractivity contribution in [3.8, 4) is 0 Å². The highest BCUT2D eigenvalue weighted by Gasteiger charge is 2.42. The lowest BCUT2D eigenvalue weighted by Crippen LogP contribution is -2.43. The second kappa shape index (κ2) is 10.1. The van der Waals surface area contributed by atoms with Crippen LogP contribution in [0.25, 0.3) is 0 Å². The number of aliphatic hydroxyl groups excluding tert-OH is 2. The molecule has 0 aromatic carbocycles. The Balaban J connectivity index is 2.23. The minimum Gasteiger partial charge on any atom is -0.479 e. The van der Waals surface area contributed by atoms with E-state index >= 15 is 0 Å². The van der Waals surface area contributed by atoms with Gasteiger partial charge >= 0.3 is 11.9 Å². The summed E-state index contributed by atoms with van der Waals surface area (Å²) in [6.45, 7) is 4.70. The molecule has 2 rings (SSSR count). The number of carboxylic acids is 1. The van der Waals surface area contributed by atoms with E-state index in [-0.39, 0.29) is 36.5 Å². The minimum absolute atomic E-state index is 0.0174. The normalized spacial score (nSPS) is 34.3. The first-order valence-electron chi connectivity index (χ1n) is 12.4. The highest BCUT2D eigenvalue weighted by molar-refractivity contribution is 5.76. The Labute approximate surface area is 184 Å². The van der Waals surface area contributed by atoms with Crippen molar-refractivity contribution in [3.05, 3.63) is 23.8 Å². The van der Waals surface area contributed by atoms with Crippen molar-refractivity contribution in [3.63, 3.8) is 0 Å². The molecule has 0 aromatic heterocycles. The smallest absolute Gasteiger partial charge is 0.332 e. The third-order valence-corrected chi connectivity index (χ3v) is 6.63. The summed E-state index contributed by atoms with van der Waals surface area (Å²) in [5.74, 6) is -1.92. The lowest BCUT2D eigenvalue weighted by atomic mass is 9.65. The van der Waals surface area contributed by atoms with Crippen LogP contribution < -0.4 is 0 Å². The number of carbonyl (C=O) groups excluding carboxylic acids is 1. The van der Waals surface area contributed by atoms with Gasteiger partial charge in [0, 0.05) is 16.5 Å². The molecule has 0 unspecified atom stereocenters. The summed E-state index contributed by atoms with van der Waals surface area (Å²) in [4.78, 5) is 24.0. The molecule has 0 aromatic rings. The number of carboxylic acid groups (broad SMARTS) is 1. The maximum Gasteiger partial charge on any atom is 0.332 e. The molecule has 170 valence electrons. The molecular formula is C24H38O6. The zero-order valence-electron chi connectivity index (χ0n) is 21.4. The number of carbonyl (C=O) groups is 2. The Morgan fingerprint density at radius 3 is 2.67 bits per heavy atom. The van der Waals surface area contributed by atoms with Gasteiger partial charge in [-0.25, -0.2) is 4.79 Å². The van der Waals surface area contributed by atoms with Gasteiger partial charge in [0.15, 0.2) is 6.10 Å².